The molecule has 3 rings (SSSR count). The summed E-state index contributed by atoms with van der Waals surface area (Å²) in [6.07, 6.45) is 6.13. The van der Waals surface area contributed by atoms with E-state index >= 15 is 0 Å². The van der Waals surface area contributed by atoms with Crippen molar-refractivity contribution in [2.24, 2.45) is 0 Å². The third-order valence-electron chi connectivity index (χ3n) is 3.62. The molecule has 1 heterocycles. The van der Waals surface area contributed by atoms with Gasteiger partial charge in [-0.3, -0.25) is 4.79 Å². The third-order valence-corrected chi connectivity index (χ3v) is 4.15. The van der Waals surface area contributed by atoms with E-state index in [4.69, 9.17) is 4.74 Å². The van der Waals surface area contributed by atoms with Crippen LogP contribution in [-0.4, -0.2) is 28.6 Å². The van der Waals surface area contributed by atoms with Gasteiger partial charge in [-0.2, -0.15) is 0 Å². The molecule has 0 saturated carbocycles. The van der Waals surface area contributed by atoms with Crippen LogP contribution in [-0.2, 0) is 0 Å². The SMILES string of the molecule is O=C(NCCCOc1ccc(-n2ccnc2)cc1)c1ccc(Br)cc1. The number of hydrogen-bond donors (Lipinski definition) is 1. The van der Waals surface area contributed by atoms with Gasteiger partial charge in [0.25, 0.3) is 5.91 Å². The van der Waals surface area contributed by atoms with Crippen molar-refractivity contribution in [2.45, 2.75) is 6.42 Å². The van der Waals surface area contributed by atoms with Gasteiger partial charge in [-0.05, 0) is 55.0 Å². The second-order valence-electron chi connectivity index (χ2n) is 5.43. The molecule has 0 atom stereocenters. The molecule has 25 heavy (non-hydrogen) atoms. The molecule has 6 heteroatoms. The molecule has 128 valence electrons. The van der Waals surface area contributed by atoms with Crippen molar-refractivity contribution in [3.8, 4) is 11.4 Å². The van der Waals surface area contributed by atoms with Gasteiger partial charge in [-0.25, -0.2) is 4.98 Å². The molecule has 0 radical (unpaired) electrons. The molecule has 0 aliphatic rings. The van der Waals surface area contributed by atoms with Crippen LogP contribution in [0.2, 0.25) is 0 Å². The number of aromatic nitrogens is 2. The molecule has 1 N–H and O–H groups in total. The second-order valence-corrected chi connectivity index (χ2v) is 6.34. The number of nitrogens with one attached hydrogen (secondary N) is 1. The molecule has 1 aromatic heterocycles. The lowest BCUT2D eigenvalue weighted by Crippen LogP contribution is -2.25. The number of rotatable bonds is 7. The molecule has 0 fully saturated rings. The Morgan fingerprint density at radius 2 is 1.88 bits per heavy atom. The Labute approximate surface area is 154 Å². The summed E-state index contributed by atoms with van der Waals surface area (Å²) in [7, 11) is 0. The summed E-state index contributed by atoms with van der Waals surface area (Å²) in [5, 5.41) is 2.89. The van der Waals surface area contributed by atoms with Gasteiger partial charge in [0, 0.05) is 34.7 Å². The maximum atomic E-state index is 12.0. The van der Waals surface area contributed by atoms with E-state index < -0.39 is 0 Å². The molecular weight excluding hydrogens is 382 g/mol. The number of nitrogens with zero attached hydrogens (tertiary/aromatic N) is 2. The van der Waals surface area contributed by atoms with Crippen LogP contribution in [0.3, 0.4) is 0 Å². The third kappa shape index (κ3) is 4.93. The van der Waals surface area contributed by atoms with E-state index in [-0.39, 0.29) is 5.91 Å². The average molecular weight is 400 g/mol. The molecule has 0 spiro atoms. The molecule has 0 bridgehead atoms. The fraction of sp³-hybridized carbons (Fsp3) is 0.158. The minimum absolute atomic E-state index is 0.0721. The first-order valence-corrected chi connectivity index (χ1v) is 8.76. The van der Waals surface area contributed by atoms with E-state index in [1.165, 1.54) is 0 Å². The largest absolute Gasteiger partial charge is 0.494 e. The molecule has 0 unspecified atom stereocenters. The molecule has 1 amide bonds. The normalized spacial score (nSPS) is 10.4. The Morgan fingerprint density at radius 3 is 2.56 bits per heavy atom. The maximum Gasteiger partial charge on any atom is 0.251 e. The number of ether oxygens (including phenoxy) is 1. The predicted molar refractivity (Wildman–Crippen MR) is 100 cm³/mol. The first-order valence-electron chi connectivity index (χ1n) is 7.97. The quantitative estimate of drug-likeness (QED) is 0.614. The van der Waals surface area contributed by atoms with Crippen molar-refractivity contribution >= 4 is 21.8 Å². The van der Waals surface area contributed by atoms with Crippen LogP contribution in [0.5, 0.6) is 5.75 Å². The molecule has 0 saturated heterocycles. The number of carbonyl (C=O) groups is 1. The Morgan fingerprint density at radius 1 is 1.12 bits per heavy atom. The highest BCUT2D eigenvalue weighted by Crippen LogP contribution is 2.15. The Balaban J connectivity index is 1.38. The molecule has 0 aliphatic heterocycles. The second kappa shape index (κ2) is 8.48. The molecular formula is C19H18BrN3O2. The van der Waals surface area contributed by atoms with Crippen molar-refractivity contribution < 1.29 is 9.53 Å². The minimum atomic E-state index is -0.0721. The summed E-state index contributed by atoms with van der Waals surface area (Å²) in [6.45, 7) is 1.12. The van der Waals surface area contributed by atoms with E-state index in [0.717, 1.165) is 22.3 Å². The maximum absolute atomic E-state index is 12.0. The monoisotopic (exact) mass is 399 g/mol. The lowest BCUT2D eigenvalue weighted by atomic mass is 10.2. The number of benzene rings is 2. The topological polar surface area (TPSA) is 56.1 Å². The lowest BCUT2D eigenvalue weighted by molar-refractivity contribution is 0.0951. The zero-order valence-corrected chi connectivity index (χ0v) is 15.1. The van der Waals surface area contributed by atoms with Crippen molar-refractivity contribution in [2.75, 3.05) is 13.2 Å². The Bertz CT molecular complexity index is 800. The first-order chi connectivity index (χ1) is 12.2. The Hall–Kier alpha value is -2.60. The van der Waals surface area contributed by atoms with E-state index in [9.17, 15) is 4.79 Å². The van der Waals surface area contributed by atoms with Crippen LogP contribution >= 0.6 is 15.9 Å². The van der Waals surface area contributed by atoms with Crippen molar-refractivity contribution in [3.05, 3.63) is 77.3 Å². The smallest absolute Gasteiger partial charge is 0.251 e. The highest BCUT2D eigenvalue weighted by molar-refractivity contribution is 9.10. The zero-order valence-electron chi connectivity index (χ0n) is 13.6. The molecule has 3 aromatic rings. The standard InChI is InChI=1S/C19H18BrN3O2/c20-16-4-2-15(3-5-16)19(24)22-10-1-13-25-18-8-6-17(7-9-18)23-12-11-21-14-23/h2-9,11-12,14H,1,10,13H2,(H,22,24). The van der Waals surface area contributed by atoms with E-state index in [1.807, 2.05) is 47.2 Å². The molecule has 2 aromatic carbocycles. The van der Waals surface area contributed by atoms with Crippen LogP contribution < -0.4 is 10.1 Å². The highest BCUT2D eigenvalue weighted by Gasteiger charge is 2.04. The summed E-state index contributed by atoms with van der Waals surface area (Å²) in [5.74, 6) is 0.736. The number of carbonyl (C=O) groups excluding carboxylic acids is 1. The number of amides is 1. The van der Waals surface area contributed by atoms with Gasteiger partial charge in [0.2, 0.25) is 0 Å². The van der Waals surface area contributed by atoms with Crippen LogP contribution in [0.25, 0.3) is 5.69 Å². The summed E-state index contributed by atoms with van der Waals surface area (Å²) < 4.78 is 8.59. The summed E-state index contributed by atoms with van der Waals surface area (Å²) >= 11 is 3.35. The lowest BCUT2D eigenvalue weighted by Gasteiger charge is -2.09. The first kappa shape index (κ1) is 17.2. The van der Waals surface area contributed by atoms with Crippen molar-refractivity contribution in [1.29, 1.82) is 0 Å². The highest BCUT2D eigenvalue weighted by atomic mass is 79.9. The van der Waals surface area contributed by atoms with Crippen LogP contribution in [0.4, 0.5) is 0 Å². The van der Waals surface area contributed by atoms with Gasteiger partial charge >= 0.3 is 0 Å². The summed E-state index contributed by atoms with van der Waals surface area (Å²) in [5.41, 5.74) is 1.69. The van der Waals surface area contributed by atoms with Crippen LogP contribution in [0.15, 0.2) is 71.7 Å². The average Bonchev–Trinajstić information content (AvgIpc) is 3.17. The fourth-order valence-corrected chi connectivity index (χ4v) is 2.56. The van der Waals surface area contributed by atoms with Crippen molar-refractivity contribution in [1.82, 2.24) is 14.9 Å². The molecule has 5 nitrogen and oxygen atoms in total. The van der Waals surface area contributed by atoms with E-state index in [1.54, 1.807) is 24.7 Å². The fourth-order valence-electron chi connectivity index (χ4n) is 2.29. The predicted octanol–water partition coefficient (Wildman–Crippen LogP) is 3.83. The number of halogens is 1. The van der Waals surface area contributed by atoms with E-state index in [2.05, 4.69) is 26.2 Å². The van der Waals surface area contributed by atoms with Crippen molar-refractivity contribution in [3.63, 3.8) is 0 Å². The number of imidazole rings is 1. The minimum Gasteiger partial charge on any atom is -0.494 e. The van der Waals surface area contributed by atoms with Gasteiger partial charge in [-0.1, -0.05) is 15.9 Å². The zero-order chi connectivity index (χ0) is 17.5. The summed E-state index contributed by atoms with van der Waals surface area (Å²) in [6, 6.07) is 15.1. The van der Waals surface area contributed by atoms with Gasteiger partial charge in [0.05, 0.1) is 12.9 Å². The van der Waals surface area contributed by atoms with Gasteiger partial charge in [-0.15, -0.1) is 0 Å². The van der Waals surface area contributed by atoms with Gasteiger partial charge in [0.1, 0.15) is 5.75 Å². The van der Waals surface area contributed by atoms with Gasteiger partial charge in [0.15, 0.2) is 0 Å². The molecule has 0 aliphatic carbocycles. The number of hydrogen-bond acceptors (Lipinski definition) is 3. The van der Waals surface area contributed by atoms with Crippen LogP contribution in [0, 0.1) is 0 Å². The van der Waals surface area contributed by atoms with E-state index in [0.29, 0.717) is 18.7 Å². The van der Waals surface area contributed by atoms with Crippen LogP contribution in [0.1, 0.15) is 16.8 Å². The van der Waals surface area contributed by atoms with Gasteiger partial charge < -0.3 is 14.6 Å². The summed E-state index contributed by atoms with van der Waals surface area (Å²) in [4.78, 5) is 16.0. The Kier molecular flexibility index (Phi) is 5.85.